The van der Waals surface area contributed by atoms with Gasteiger partial charge in [0.1, 0.15) is 5.82 Å². The van der Waals surface area contributed by atoms with Crippen molar-refractivity contribution in [3.63, 3.8) is 0 Å². The van der Waals surface area contributed by atoms with Gasteiger partial charge in [-0.05, 0) is 31.2 Å². The monoisotopic (exact) mass is 325 g/mol. The third kappa shape index (κ3) is 4.33. The lowest BCUT2D eigenvalue weighted by Crippen LogP contribution is -2.14. The molecule has 0 aliphatic rings. The minimum Gasteiger partial charge on any atom is -0.324 e. The van der Waals surface area contributed by atoms with Crippen LogP contribution in [0.4, 0.5) is 16.6 Å². The van der Waals surface area contributed by atoms with Crippen LogP contribution in [0.5, 0.6) is 0 Å². The first-order chi connectivity index (χ1) is 11.2. The van der Waals surface area contributed by atoms with E-state index in [4.69, 9.17) is 0 Å². The van der Waals surface area contributed by atoms with Gasteiger partial charge < -0.3 is 10.6 Å². The van der Waals surface area contributed by atoms with Crippen LogP contribution in [0, 0.1) is 6.92 Å². The molecule has 116 valence electrons. The van der Waals surface area contributed by atoms with Crippen molar-refractivity contribution >= 4 is 33.9 Å². The molecule has 3 heterocycles. The molecule has 3 aromatic rings. The Balaban J connectivity index is 1.60. The number of carbonyl (C=O) groups is 1. The van der Waals surface area contributed by atoms with E-state index in [1.165, 1.54) is 11.3 Å². The number of anilines is 3. The third-order valence-corrected chi connectivity index (χ3v) is 3.77. The molecule has 0 saturated heterocycles. The Morgan fingerprint density at radius 2 is 2.13 bits per heavy atom. The Morgan fingerprint density at radius 1 is 1.22 bits per heavy atom. The van der Waals surface area contributed by atoms with Crippen LogP contribution in [-0.2, 0) is 11.2 Å². The van der Waals surface area contributed by atoms with E-state index in [1.807, 2.05) is 30.5 Å². The van der Waals surface area contributed by atoms with Gasteiger partial charge in [0.2, 0.25) is 5.91 Å². The van der Waals surface area contributed by atoms with Crippen LogP contribution in [0.1, 0.15) is 11.4 Å². The number of aryl methyl sites for hydroxylation is 1. The van der Waals surface area contributed by atoms with Crippen LogP contribution < -0.4 is 10.6 Å². The standard InChI is InChI=1S/C16H15N5OS/c1-11-4-2-6-14(18-11)21-16-20-13(10-23-16)8-15(22)19-12-5-3-7-17-9-12/h2-7,9-10H,8H2,1H3,(H,19,22)(H,18,20,21). The summed E-state index contributed by atoms with van der Waals surface area (Å²) in [6.07, 6.45) is 3.48. The van der Waals surface area contributed by atoms with Crippen molar-refractivity contribution in [3.05, 3.63) is 59.5 Å². The van der Waals surface area contributed by atoms with Crippen LogP contribution in [0.2, 0.25) is 0 Å². The van der Waals surface area contributed by atoms with Crippen molar-refractivity contribution in [1.82, 2.24) is 15.0 Å². The van der Waals surface area contributed by atoms with Gasteiger partial charge in [-0.2, -0.15) is 0 Å². The molecule has 3 aromatic heterocycles. The molecule has 0 saturated carbocycles. The zero-order valence-electron chi connectivity index (χ0n) is 12.5. The molecule has 7 heteroatoms. The Kier molecular flexibility index (Phi) is 4.58. The van der Waals surface area contributed by atoms with Crippen molar-refractivity contribution in [2.45, 2.75) is 13.3 Å². The zero-order valence-corrected chi connectivity index (χ0v) is 13.3. The smallest absolute Gasteiger partial charge is 0.230 e. The van der Waals surface area contributed by atoms with Gasteiger partial charge in [0.25, 0.3) is 0 Å². The fourth-order valence-corrected chi connectivity index (χ4v) is 2.69. The van der Waals surface area contributed by atoms with E-state index in [-0.39, 0.29) is 12.3 Å². The highest BCUT2D eigenvalue weighted by molar-refractivity contribution is 7.13. The highest BCUT2D eigenvalue weighted by Crippen LogP contribution is 2.20. The number of nitrogens with one attached hydrogen (secondary N) is 2. The zero-order chi connectivity index (χ0) is 16.1. The number of hydrogen-bond acceptors (Lipinski definition) is 6. The number of pyridine rings is 2. The SMILES string of the molecule is Cc1cccc(Nc2nc(CC(=O)Nc3cccnc3)cs2)n1. The van der Waals surface area contributed by atoms with E-state index in [9.17, 15) is 4.79 Å². The van der Waals surface area contributed by atoms with Crippen molar-refractivity contribution in [3.8, 4) is 0 Å². The molecule has 0 atom stereocenters. The maximum absolute atomic E-state index is 12.0. The molecule has 0 spiro atoms. The average Bonchev–Trinajstić information content (AvgIpc) is 2.95. The molecule has 6 nitrogen and oxygen atoms in total. The number of thiazole rings is 1. The fourth-order valence-electron chi connectivity index (χ4n) is 1.97. The number of rotatable bonds is 5. The van der Waals surface area contributed by atoms with E-state index < -0.39 is 0 Å². The molecule has 0 fully saturated rings. The second kappa shape index (κ2) is 6.97. The predicted octanol–water partition coefficient (Wildman–Crippen LogP) is 3.17. The van der Waals surface area contributed by atoms with Gasteiger partial charge in [0.05, 0.1) is 24.0 Å². The number of carbonyl (C=O) groups excluding carboxylic acids is 1. The van der Waals surface area contributed by atoms with Crippen LogP contribution in [0.25, 0.3) is 0 Å². The van der Waals surface area contributed by atoms with Crippen molar-refractivity contribution in [1.29, 1.82) is 0 Å². The Morgan fingerprint density at radius 3 is 2.91 bits per heavy atom. The molecular weight excluding hydrogens is 310 g/mol. The molecule has 0 bridgehead atoms. The minimum atomic E-state index is -0.122. The average molecular weight is 325 g/mol. The summed E-state index contributed by atoms with van der Waals surface area (Å²) in [6.45, 7) is 1.93. The summed E-state index contributed by atoms with van der Waals surface area (Å²) in [5.74, 6) is 0.620. The predicted molar refractivity (Wildman–Crippen MR) is 90.9 cm³/mol. The number of nitrogens with zero attached hydrogens (tertiary/aromatic N) is 3. The fraction of sp³-hybridized carbons (Fsp3) is 0.125. The van der Waals surface area contributed by atoms with Gasteiger partial charge in [0.15, 0.2) is 5.13 Å². The topological polar surface area (TPSA) is 79.8 Å². The second-order valence-corrected chi connectivity index (χ2v) is 5.76. The molecule has 0 aromatic carbocycles. The lowest BCUT2D eigenvalue weighted by Gasteiger charge is -2.03. The summed E-state index contributed by atoms with van der Waals surface area (Å²) < 4.78 is 0. The third-order valence-electron chi connectivity index (χ3n) is 2.96. The van der Waals surface area contributed by atoms with Crippen LogP contribution >= 0.6 is 11.3 Å². The summed E-state index contributed by atoms with van der Waals surface area (Å²) in [4.78, 5) is 24.7. The first-order valence-electron chi connectivity index (χ1n) is 7.04. The van der Waals surface area contributed by atoms with E-state index >= 15 is 0 Å². The normalized spacial score (nSPS) is 10.3. The highest BCUT2D eigenvalue weighted by atomic mass is 32.1. The van der Waals surface area contributed by atoms with Gasteiger partial charge in [-0.3, -0.25) is 9.78 Å². The second-order valence-electron chi connectivity index (χ2n) is 4.90. The van der Waals surface area contributed by atoms with E-state index in [1.54, 1.807) is 24.5 Å². The van der Waals surface area contributed by atoms with Gasteiger partial charge in [-0.15, -0.1) is 11.3 Å². The summed E-state index contributed by atoms with van der Waals surface area (Å²) in [7, 11) is 0. The number of hydrogen-bond donors (Lipinski definition) is 2. The minimum absolute atomic E-state index is 0.122. The molecular formula is C16H15N5OS. The molecule has 0 unspecified atom stereocenters. The highest BCUT2D eigenvalue weighted by Gasteiger charge is 2.09. The van der Waals surface area contributed by atoms with E-state index in [2.05, 4.69) is 25.6 Å². The molecule has 0 aliphatic heterocycles. The van der Waals surface area contributed by atoms with E-state index in [0.717, 1.165) is 11.5 Å². The molecule has 2 N–H and O–H groups in total. The molecule has 1 amide bonds. The number of amides is 1. The maximum Gasteiger partial charge on any atom is 0.230 e. The van der Waals surface area contributed by atoms with Crippen LogP contribution in [0.3, 0.4) is 0 Å². The van der Waals surface area contributed by atoms with Crippen molar-refractivity contribution in [2.75, 3.05) is 10.6 Å². The Labute approximate surface area is 137 Å². The number of aromatic nitrogens is 3. The summed E-state index contributed by atoms with van der Waals surface area (Å²) in [6, 6.07) is 9.31. The Hall–Kier alpha value is -2.80. The first-order valence-corrected chi connectivity index (χ1v) is 7.92. The van der Waals surface area contributed by atoms with Crippen LogP contribution in [0.15, 0.2) is 48.1 Å². The molecule has 0 aliphatic carbocycles. The van der Waals surface area contributed by atoms with Gasteiger partial charge in [-0.25, -0.2) is 9.97 Å². The largest absolute Gasteiger partial charge is 0.324 e. The summed E-state index contributed by atoms with van der Waals surface area (Å²) in [5, 5.41) is 8.51. The quantitative estimate of drug-likeness (QED) is 0.753. The van der Waals surface area contributed by atoms with Gasteiger partial charge >= 0.3 is 0 Å². The molecule has 3 rings (SSSR count). The van der Waals surface area contributed by atoms with Gasteiger partial charge in [-0.1, -0.05) is 6.07 Å². The van der Waals surface area contributed by atoms with Gasteiger partial charge in [0, 0.05) is 17.3 Å². The lowest BCUT2D eigenvalue weighted by molar-refractivity contribution is -0.115. The Bertz CT molecular complexity index is 803. The molecule has 23 heavy (non-hydrogen) atoms. The first kappa shape index (κ1) is 15.1. The maximum atomic E-state index is 12.0. The van der Waals surface area contributed by atoms with E-state index in [0.29, 0.717) is 16.5 Å². The summed E-state index contributed by atoms with van der Waals surface area (Å²) >= 11 is 1.44. The molecule has 0 radical (unpaired) electrons. The van der Waals surface area contributed by atoms with Crippen molar-refractivity contribution in [2.24, 2.45) is 0 Å². The summed E-state index contributed by atoms with van der Waals surface area (Å²) in [5.41, 5.74) is 2.32. The van der Waals surface area contributed by atoms with Crippen LogP contribution in [-0.4, -0.2) is 20.9 Å². The van der Waals surface area contributed by atoms with Crippen molar-refractivity contribution < 1.29 is 4.79 Å². The lowest BCUT2D eigenvalue weighted by atomic mass is 10.3.